The molecule has 2 aromatic heterocycles. The Balaban J connectivity index is 1.51. The Morgan fingerprint density at radius 2 is 1.79 bits per heavy atom. The van der Waals surface area contributed by atoms with Crippen LogP contribution in [0, 0.1) is 12.7 Å². The lowest BCUT2D eigenvalue weighted by Crippen LogP contribution is -2.19. The minimum absolute atomic E-state index is 0.315. The number of aromatic amines is 1. The van der Waals surface area contributed by atoms with Crippen molar-refractivity contribution in [2.45, 2.75) is 6.92 Å². The van der Waals surface area contributed by atoms with E-state index in [2.05, 4.69) is 25.8 Å². The number of nitrogens with zero attached hydrogens (tertiary/aromatic N) is 2. The smallest absolute Gasteiger partial charge is 0.323 e. The number of benzene rings is 2. The number of aromatic nitrogens is 3. The molecule has 8 heteroatoms. The Labute approximate surface area is 159 Å². The monoisotopic (exact) mass is 376 g/mol. The third-order valence-electron chi connectivity index (χ3n) is 4.37. The van der Waals surface area contributed by atoms with Crippen LogP contribution in [0.3, 0.4) is 0 Å². The number of hydrogen-bond acceptors (Lipinski definition) is 4. The molecule has 28 heavy (non-hydrogen) atoms. The summed E-state index contributed by atoms with van der Waals surface area (Å²) in [7, 11) is 0. The number of pyridine rings is 1. The summed E-state index contributed by atoms with van der Waals surface area (Å²) in [5, 5.41) is 13.1. The van der Waals surface area contributed by atoms with Crippen LogP contribution < -0.4 is 16.4 Å². The summed E-state index contributed by atoms with van der Waals surface area (Å²) in [5.41, 5.74) is 10.0. The summed E-state index contributed by atoms with van der Waals surface area (Å²) in [6.07, 6.45) is 3.39. The molecule has 5 N–H and O–H groups in total. The molecule has 0 aliphatic rings. The molecule has 2 aromatic carbocycles. The predicted molar refractivity (Wildman–Crippen MR) is 108 cm³/mol. The highest BCUT2D eigenvalue weighted by molar-refractivity contribution is 6.02. The Morgan fingerprint density at radius 1 is 1.07 bits per heavy atom. The third-order valence-corrected chi connectivity index (χ3v) is 4.37. The molecule has 0 saturated carbocycles. The summed E-state index contributed by atoms with van der Waals surface area (Å²) in [6.45, 7) is 1.64. The van der Waals surface area contributed by atoms with Crippen LogP contribution in [0.15, 0.2) is 54.9 Å². The molecule has 0 radical (unpaired) electrons. The van der Waals surface area contributed by atoms with Crippen molar-refractivity contribution in [2.75, 3.05) is 16.4 Å². The van der Waals surface area contributed by atoms with Crippen molar-refractivity contribution in [3.05, 3.63) is 66.2 Å². The Morgan fingerprint density at radius 3 is 2.54 bits per heavy atom. The maximum atomic E-state index is 13.3. The highest BCUT2D eigenvalue weighted by Crippen LogP contribution is 2.30. The van der Waals surface area contributed by atoms with Gasteiger partial charge in [-0.1, -0.05) is 12.1 Å². The van der Waals surface area contributed by atoms with Crippen LogP contribution in [-0.4, -0.2) is 21.2 Å². The molecule has 2 amide bonds. The number of nitrogens with one attached hydrogen (secondary N) is 3. The van der Waals surface area contributed by atoms with Gasteiger partial charge in [0.15, 0.2) is 5.82 Å². The van der Waals surface area contributed by atoms with Crippen molar-refractivity contribution in [1.82, 2.24) is 15.2 Å². The molecule has 4 rings (SSSR count). The van der Waals surface area contributed by atoms with Crippen LogP contribution in [0.1, 0.15) is 5.56 Å². The molecule has 0 atom stereocenters. The zero-order valence-electron chi connectivity index (χ0n) is 15.0. The van der Waals surface area contributed by atoms with E-state index in [1.807, 2.05) is 12.1 Å². The second-order valence-electron chi connectivity index (χ2n) is 6.34. The predicted octanol–water partition coefficient (Wildman–Crippen LogP) is 4.30. The van der Waals surface area contributed by atoms with E-state index < -0.39 is 6.03 Å². The minimum atomic E-state index is -0.415. The third kappa shape index (κ3) is 3.35. The van der Waals surface area contributed by atoms with Crippen molar-refractivity contribution < 1.29 is 9.18 Å². The first-order valence-corrected chi connectivity index (χ1v) is 8.53. The van der Waals surface area contributed by atoms with E-state index in [4.69, 9.17) is 5.73 Å². The molecule has 7 nitrogen and oxygen atoms in total. The zero-order valence-corrected chi connectivity index (χ0v) is 15.0. The van der Waals surface area contributed by atoms with Gasteiger partial charge in [-0.05, 0) is 48.4 Å². The maximum absolute atomic E-state index is 13.3. The van der Waals surface area contributed by atoms with Crippen LogP contribution in [0.4, 0.5) is 26.4 Å². The minimum Gasteiger partial charge on any atom is -0.382 e. The number of nitrogens with two attached hydrogens (primary N) is 1. The summed E-state index contributed by atoms with van der Waals surface area (Å²) in [4.78, 5) is 16.4. The van der Waals surface area contributed by atoms with Crippen LogP contribution in [0.5, 0.6) is 0 Å². The van der Waals surface area contributed by atoms with Crippen LogP contribution in [0.2, 0.25) is 0 Å². The molecule has 0 aliphatic heterocycles. The van der Waals surface area contributed by atoms with Crippen LogP contribution >= 0.6 is 0 Å². The average molecular weight is 376 g/mol. The van der Waals surface area contributed by atoms with E-state index in [1.54, 1.807) is 37.5 Å². The molecule has 0 saturated heterocycles. The normalized spacial score (nSPS) is 10.8. The lowest BCUT2D eigenvalue weighted by Gasteiger charge is -2.10. The van der Waals surface area contributed by atoms with Gasteiger partial charge in [0.25, 0.3) is 0 Å². The van der Waals surface area contributed by atoms with Gasteiger partial charge in [0, 0.05) is 23.1 Å². The number of amides is 2. The number of halogens is 1. The number of H-pyrrole nitrogens is 1. The van der Waals surface area contributed by atoms with Gasteiger partial charge in [-0.15, -0.1) is 0 Å². The number of anilines is 3. The fourth-order valence-corrected chi connectivity index (χ4v) is 2.97. The number of carbonyl (C=O) groups excluding carboxylic acids is 1. The van der Waals surface area contributed by atoms with Crippen molar-refractivity contribution >= 4 is 34.1 Å². The van der Waals surface area contributed by atoms with Gasteiger partial charge in [0.05, 0.1) is 17.1 Å². The van der Waals surface area contributed by atoms with E-state index >= 15 is 0 Å². The van der Waals surface area contributed by atoms with Crippen molar-refractivity contribution in [3.8, 4) is 11.1 Å². The molecule has 0 aliphatic carbocycles. The van der Waals surface area contributed by atoms with Crippen LogP contribution in [-0.2, 0) is 0 Å². The number of nitrogen functional groups attached to an aromatic ring is 1. The average Bonchev–Trinajstić information content (AvgIpc) is 3.07. The number of carbonyl (C=O) groups is 1. The number of rotatable bonds is 3. The Kier molecular flexibility index (Phi) is 4.36. The summed E-state index contributed by atoms with van der Waals surface area (Å²) in [5.74, 6) is 0.0906. The van der Waals surface area contributed by atoms with E-state index in [0.29, 0.717) is 22.8 Å². The van der Waals surface area contributed by atoms with Gasteiger partial charge < -0.3 is 16.4 Å². The van der Waals surface area contributed by atoms with Gasteiger partial charge in [0.2, 0.25) is 0 Å². The number of urea groups is 1. The second kappa shape index (κ2) is 6.99. The maximum Gasteiger partial charge on any atom is 0.323 e. The van der Waals surface area contributed by atoms with Gasteiger partial charge >= 0.3 is 6.03 Å². The molecule has 0 bridgehead atoms. The number of hydrogen-bond donors (Lipinski definition) is 4. The highest BCUT2D eigenvalue weighted by atomic mass is 19.1. The van der Waals surface area contributed by atoms with Gasteiger partial charge in [-0.2, -0.15) is 5.10 Å². The number of fused-ring (bicyclic) bond motifs is 1. The fraction of sp³-hybridized carbons (Fsp3) is 0.0500. The van der Waals surface area contributed by atoms with Crippen molar-refractivity contribution in [2.24, 2.45) is 0 Å². The van der Waals surface area contributed by atoms with Gasteiger partial charge in [-0.3, -0.25) is 10.1 Å². The Hall–Kier alpha value is -3.94. The highest BCUT2D eigenvalue weighted by Gasteiger charge is 2.11. The van der Waals surface area contributed by atoms with E-state index in [1.165, 1.54) is 12.1 Å². The van der Waals surface area contributed by atoms with E-state index in [0.717, 1.165) is 22.0 Å². The summed E-state index contributed by atoms with van der Waals surface area (Å²) < 4.78 is 13.3. The topological polar surface area (TPSA) is 109 Å². The molecule has 0 unspecified atom stereocenters. The number of aryl methyl sites for hydroxylation is 1. The second-order valence-corrected chi connectivity index (χ2v) is 6.34. The van der Waals surface area contributed by atoms with Gasteiger partial charge in [0.1, 0.15) is 5.82 Å². The molecule has 2 heterocycles. The molecular formula is C20H17FN6O. The fourth-order valence-electron chi connectivity index (χ4n) is 2.97. The molecule has 4 aromatic rings. The Bertz CT molecular complexity index is 1170. The van der Waals surface area contributed by atoms with Crippen molar-refractivity contribution in [1.29, 1.82) is 0 Å². The van der Waals surface area contributed by atoms with E-state index in [9.17, 15) is 9.18 Å². The first-order valence-electron chi connectivity index (χ1n) is 8.53. The summed E-state index contributed by atoms with van der Waals surface area (Å²) in [6, 6.07) is 11.3. The lowest BCUT2D eigenvalue weighted by molar-refractivity contribution is 0.262. The largest absolute Gasteiger partial charge is 0.382 e. The molecular weight excluding hydrogens is 359 g/mol. The van der Waals surface area contributed by atoms with Crippen molar-refractivity contribution in [3.63, 3.8) is 0 Å². The molecule has 140 valence electrons. The van der Waals surface area contributed by atoms with E-state index in [-0.39, 0.29) is 5.82 Å². The first-order chi connectivity index (χ1) is 13.5. The van der Waals surface area contributed by atoms with Gasteiger partial charge in [-0.25, -0.2) is 9.18 Å². The summed E-state index contributed by atoms with van der Waals surface area (Å²) >= 11 is 0. The standard InChI is InChI=1S/C20H17FN6O/c1-11-8-14(6-7-16(11)21)25-20(28)24-13-4-2-12(3-5-13)15-9-23-10-17-18(15)19(22)27-26-17/h2-10H,1H3,(H3,22,26,27)(H2,24,25,28). The van der Waals surface area contributed by atoms with Crippen LogP contribution in [0.25, 0.3) is 22.0 Å². The quantitative estimate of drug-likeness (QED) is 0.427. The SMILES string of the molecule is Cc1cc(NC(=O)Nc2ccc(-c3cncc4[nH]nc(N)c34)cc2)ccc1F. The lowest BCUT2D eigenvalue weighted by atomic mass is 10.0. The molecule has 0 fully saturated rings. The first kappa shape index (κ1) is 17.5. The molecule has 0 spiro atoms. The zero-order chi connectivity index (χ0) is 19.7.